The molecule has 3 unspecified atom stereocenters. The summed E-state index contributed by atoms with van der Waals surface area (Å²) in [7, 11) is 3.48. The Hall–Kier alpha value is -2.93. The van der Waals surface area contributed by atoms with Crippen molar-refractivity contribution in [2.75, 3.05) is 27.3 Å². The van der Waals surface area contributed by atoms with Gasteiger partial charge in [-0.25, -0.2) is 0 Å². The number of carbonyl (C=O) groups is 2. The highest BCUT2D eigenvalue weighted by atomic mass is 32.2. The summed E-state index contributed by atoms with van der Waals surface area (Å²) >= 11 is 1.65. The van der Waals surface area contributed by atoms with E-state index in [-0.39, 0.29) is 23.8 Å². The Bertz CT molecular complexity index is 1110. The second-order valence-electron chi connectivity index (χ2n) is 9.53. The molecule has 2 aromatic carbocycles. The molecule has 1 N–H and O–H groups in total. The molecule has 3 atom stereocenters. The summed E-state index contributed by atoms with van der Waals surface area (Å²) < 4.78 is 11.1. The van der Waals surface area contributed by atoms with Crippen LogP contribution in [0.3, 0.4) is 0 Å². The number of amides is 2. The number of carbonyl (C=O) groups excluding carboxylic acids is 2. The summed E-state index contributed by atoms with van der Waals surface area (Å²) in [5, 5.41) is 3.41. The lowest BCUT2D eigenvalue weighted by Gasteiger charge is -2.44. The van der Waals surface area contributed by atoms with Crippen LogP contribution >= 0.6 is 11.8 Å². The Labute approximate surface area is 218 Å². The van der Waals surface area contributed by atoms with Crippen molar-refractivity contribution in [3.63, 3.8) is 0 Å². The smallest absolute Gasteiger partial charge is 0.260 e. The van der Waals surface area contributed by atoms with Crippen LogP contribution < -0.4 is 14.8 Å². The van der Waals surface area contributed by atoms with Crippen LogP contribution in [0.5, 0.6) is 11.5 Å². The van der Waals surface area contributed by atoms with Gasteiger partial charge < -0.3 is 19.7 Å². The van der Waals surface area contributed by atoms with Crippen LogP contribution in [-0.2, 0) is 16.0 Å². The molecule has 0 spiro atoms. The van der Waals surface area contributed by atoms with E-state index in [2.05, 4.69) is 36.5 Å². The molecule has 36 heavy (non-hydrogen) atoms. The lowest BCUT2D eigenvalue weighted by molar-refractivity contribution is -0.131. The third kappa shape index (κ3) is 6.06. The molecule has 0 bridgehead atoms. The molecule has 2 aromatic rings. The molecule has 192 valence electrons. The van der Waals surface area contributed by atoms with E-state index in [1.807, 2.05) is 43.1 Å². The lowest BCUT2D eigenvalue weighted by Crippen LogP contribution is -2.52. The number of benzene rings is 2. The second-order valence-corrected chi connectivity index (χ2v) is 10.8. The zero-order valence-electron chi connectivity index (χ0n) is 21.6. The Balaban J connectivity index is 1.36. The van der Waals surface area contributed by atoms with Crippen LogP contribution in [0.15, 0.2) is 47.4 Å². The van der Waals surface area contributed by atoms with Gasteiger partial charge in [-0.15, -0.1) is 11.8 Å². The van der Waals surface area contributed by atoms with Crippen LogP contribution in [0.4, 0.5) is 0 Å². The normalized spacial score (nSPS) is 22.8. The average Bonchev–Trinajstić information content (AvgIpc) is 2.89. The Kier molecular flexibility index (Phi) is 8.62. The number of hydrogen-bond donors (Lipinski definition) is 1. The van der Waals surface area contributed by atoms with Crippen LogP contribution in [0, 0.1) is 12.8 Å². The highest BCUT2D eigenvalue weighted by molar-refractivity contribution is 8.04. The number of likely N-dealkylation sites (N-methyl/N-ethyl adjacent to an activating group) is 1. The molecule has 0 aromatic heterocycles. The van der Waals surface area contributed by atoms with E-state index in [0.717, 1.165) is 29.7 Å². The van der Waals surface area contributed by atoms with Gasteiger partial charge in [-0.3, -0.25) is 9.59 Å². The van der Waals surface area contributed by atoms with Crippen molar-refractivity contribution in [1.29, 1.82) is 0 Å². The summed E-state index contributed by atoms with van der Waals surface area (Å²) in [6.45, 7) is 5.20. The topological polar surface area (TPSA) is 67.9 Å². The minimum atomic E-state index is -0.0546. The van der Waals surface area contributed by atoms with Crippen LogP contribution in [0.2, 0.25) is 0 Å². The van der Waals surface area contributed by atoms with E-state index in [1.54, 1.807) is 18.9 Å². The van der Waals surface area contributed by atoms with Gasteiger partial charge in [0, 0.05) is 30.8 Å². The second kappa shape index (κ2) is 11.9. The molecule has 2 amide bonds. The van der Waals surface area contributed by atoms with Crippen molar-refractivity contribution in [2.45, 2.75) is 50.8 Å². The van der Waals surface area contributed by atoms with Crippen LogP contribution in [-0.4, -0.2) is 55.3 Å². The fraction of sp³-hybridized carbons (Fsp3) is 0.448. The Morgan fingerprint density at radius 3 is 2.67 bits per heavy atom. The molecule has 2 aliphatic rings. The minimum absolute atomic E-state index is 0.00882. The van der Waals surface area contributed by atoms with Crippen molar-refractivity contribution in [2.24, 2.45) is 5.92 Å². The van der Waals surface area contributed by atoms with Gasteiger partial charge in [0.2, 0.25) is 5.91 Å². The molecule has 2 fully saturated rings. The highest BCUT2D eigenvalue weighted by Crippen LogP contribution is 2.43. The van der Waals surface area contributed by atoms with E-state index in [4.69, 9.17) is 9.47 Å². The number of thioether (sulfide) groups is 1. The number of rotatable bonds is 8. The molecule has 1 aliphatic carbocycles. The summed E-state index contributed by atoms with van der Waals surface area (Å²) in [5.41, 5.74) is 3.36. The third-order valence-electron chi connectivity index (χ3n) is 7.05. The number of fused-ring (bicyclic) bond motifs is 1. The van der Waals surface area contributed by atoms with Crippen molar-refractivity contribution >= 4 is 29.7 Å². The zero-order valence-corrected chi connectivity index (χ0v) is 22.4. The van der Waals surface area contributed by atoms with Gasteiger partial charge in [-0.05, 0) is 68.9 Å². The molecule has 1 saturated carbocycles. The van der Waals surface area contributed by atoms with Crippen molar-refractivity contribution in [3.05, 3.63) is 64.1 Å². The molecule has 6 nitrogen and oxygen atoms in total. The summed E-state index contributed by atoms with van der Waals surface area (Å²) in [5.74, 6) is 1.40. The average molecular weight is 509 g/mol. The number of nitrogens with one attached hydrogen (secondary N) is 1. The number of nitrogens with zero attached hydrogens (tertiary/aromatic N) is 1. The molecular weight excluding hydrogens is 472 g/mol. The van der Waals surface area contributed by atoms with E-state index in [0.29, 0.717) is 36.3 Å². The van der Waals surface area contributed by atoms with Gasteiger partial charge in [-0.2, -0.15) is 0 Å². The van der Waals surface area contributed by atoms with Crippen molar-refractivity contribution in [1.82, 2.24) is 10.2 Å². The Morgan fingerprint density at radius 1 is 1.17 bits per heavy atom. The number of methoxy groups -OCH3 is 1. The zero-order chi connectivity index (χ0) is 25.7. The molecule has 1 aliphatic heterocycles. The molecule has 0 radical (unpaired) electrons. The van der Waals surface area contributed by atoms with Gasteiger partial charge in [0.25, 0.3) is 5.91 Å². The van der Waals surface area contributed by atoms with Crippen molar-refractivity contribution < 1.29 is 19.1 Å². The van der Waals surface area contributed by atoms with Crippen molar-refractivity contribution in [3.8, 4) is 11.5 Å². The molecule has 1 saturated heterocycles. The fourth-order valence-corrected chi connectivity index (χ4v) is 6.44. The van der Waals surface area contributed by atoms with Crippen LogP contribution in [0.1, 0.15) is 42.9 Å². The first kappa shape index (κ1) is 26.1. The maximum absolute atomic E-state index is 13.2. The number of aryl methyl sites for hydroxylation is 1. The molecule has 1 heterocycles. The summed E-state index contributed by atoms with van der Waals surface area (Å²) in [6, 6.07) is 14.2. The Morgan fingerprint density at radius 2 is 1.94 bits per heavy atom. The maximum Gasteiger partial charge on any atom is 0.260 e. The quantitative estimate of drug-likeness (QED) is 0.517. The van der Waals surface area contributed by atoms with Gasteiger partial charge in [0.1, 0.15) is 0 Å². The predicted molar refractivity (Wildman–Crippen MR) is 145 cm³/mol. The fourth-order valence-electron chi connectivity index (χ4n) is 4.96. The van der Waals surface area contributed by atoms with E-state index < -0.39 is 0 Å². The standard InChI is InChI=1S/C29H36N2O4S/c1-5-35-24-12-10-21(16-25(24)34-4)17-27-29(33)31(3)23-18-22(11-13-26(23)36-27)28(32)30-15-14-20-8-6-19(2)7-9-20/h6-10,12,16-17,22-23,26H,5,11,13-15,18H2,1-4H3,(H,30,32)/b27-17+. The van der Waals surface area contributed by atoms with Gasteiger partial charge in [0.05, 0.1) is 18.6 Å². The predicted octanol–water partition coefficient (Wildman–Crippen LogP) is 4.84. The van der Waals surface area contributed by atoms with E-state index >= 15 is 0 Å². The van der Waals surface area contributed by atoms with Gasteiger partial charge in [-0.1, -0.05) is 35.9 Å². The first-order chi connectivity index (χ1) is 17.4. The van der Waals surface area contributed by atoms with Crippen LogP contribution in [0.25, 0.3) is 6.08 Å². The third-order valence-corrected chi connectivity index (χ3v) is 8.45. The summed E-state index contributed by atoms with van der Waals surface area (Å²) in [4.78, 5) is 28.7. The summed E-state index contributed by atoms with van der Waals surface area (Å²) in [6.07, 6.45) is 5.22. The number of hydrogen-bond acceptors (Lipinski definition) is 5. The van der Waals surface area contributed by atoms with Gasteiger partial charge >= 0.3 is 0 Å². The van der Waals surface area contributed by atoms with E-state index in [1.165, 1.54) is 11.1 Å². The number of ether oxygens (including phenoxy) is 2. The largest absolute Gasteiger partial charge is 0.493 e. The molecule has 4 rings (SSSR count). The first-order valence-electron chi connectivity index (χ1n) is 12.7. The molecular formula is C29H36N2O4S. The maximum atomic E-state index is 13.2. The first-order valence-corrected chi connectivity index (χ1v) is 13.6. The SMILES string of the molecule is CCOc1ccc(/C=C2/SC3CCC(C(=O)NCCc4ccc(C)cc4)CC3N(C)C2=O)cc1OC. The monoisotopic (exact) mass is 508 g/mol. The van der Waals surface area contributed by atoms with E-state index in [9.17, 15) is 9.59 Å². The minimum Gasteiger partial charge on any atom is -0.493 e. The lowest BCUT2D eigenvalue weighted by atomic mass is 9.83. The molecule has 7 heteroatoms. The highest BCUT2D eigenvalue weighted by Gasteiger charge is 2.42. The van der Waals surface area contributed by atoms with Gasteiger partial charge in [0.15, 0.2) is 11.5 Å².